The topological polar surface area (TPSA) is 75.6 Å². The third-order valence-corrected chi connectivity index (χ3v) is 5.31. The molecule has 0 bridgehead atoms. The number of benzene rings is 4. The quantitative estimate of drug-likeness (QED) is 0.403. The van der Waals surface area contributed by atoms with E-state index in [1.807, 2.05) is 36.4 Å². The molecule has 0 aliphatic rings. The van der Waals surface area contributed by atoms with Gasteiger partial charge < -0.3 is 15.2 Å². The van der Waals surface area contributed by atoms with E-state index in [9.17, 15) is 19.1 Å². The van der Waals surface area contributed by atoms with Crippen LogP contribution in [0.4, 0.5) is 4.39 Å². The number of ether oxygens (including phenoxy) is 1. The molecule has 4 rings (SSSR count). The van der Waals surface area contributed by atoms with Crippen LogP contribution < -0.4 is 10.1 Å². The summed E-state index contributed by atoms with van der Waals surface area (Å²) in [7, 11) is 0. The lowest BCUT2D eigenvalue weighted by molar-refractivity contribution is -0.139. The van der Waals surface area contributed by atoms with Crippen molar-refractivity contribution in [2.75, 3.05) is 0 Å². The average Bonchev–Trinajstić information content (AvgIpc) is 2.83. The van der Waals surface area contributed by atoms with E-state index in [1.54, 1.807) is 48.5 Å². The third-order valence-electron chi connectivity index (χ3n) is 5.31. The Labute approximate surface area is 190 Å². The molecule has 0 aliphatic carbocycles. The molecule has 33 heavy (non-hydrogen) atoms. The fourth-order valence-corrected chi connectivity index (χ4v) is 3.52. The van der Waals surface area contributed by atoms with Gasteiger partial charge in [0.25, 0.3) is 5.91 Å². The number of amides is 1. The number of aliphatic carboxylic acids is 1. The Kier molecular flexibility index (Phi) is 6.64. The van der Waals surface area contributed by atoms with Crippen LogP contribution in [-0.2, 0) is 17.8 Å². The number of carbonyl (C=O) groups excluding carboxylic acids is 1. The van der Waals surface area contributed by atoms with Gasteiger partial charge in [-0.05, 0) is 46.7 Å². The minimum Gasteiger partial charge on any atom is -0.489 e. The van der Waals surface area contributed by atoms with E-state index >= 15 is 0 Å². The van der Waals surface area contributed by atoms with E-state index in [0.29, 0.717) is 16.9 Å². The van der Waals surface area contributed by atoms with Crippen molar-refractivity contribution < 1.29 is 23.8 Å². The second kappa shape index (κ2) is 9.96. The highest BCUT2D eigenvalue weighted by molar-refractivity contribution is 6.00. The maximum Gasteiger partial charge on any atom is 0.326 e. The molecule has 4 aromatic carbocycles. The molecule has 0 aromatic heterocycles. The zero-order chi connectivity index (χ0) is 23.2. The first-order valence-corrected chi connectivity index (χ1v) is 10.5. The summed E-state index contributed by atoms with van der Waals surface area (Å²) in [6.07, 6.45) is 0.193. The van der Waals surface area contributed by atoms with Crippen molar-refractivity contribution >= 4 is 22.6 Å². The molecule has 6 heteroatoms. The van der Waals surface area contributed by atoms with Gasteiger partial charge in [-0.3, -0.25) is 4.79 Å². The first kappa shape index (κ1) is 22.0. The van der Waals surface area contributed by atoms with Gasteiger partial charge in [-0.25, -0.2) is 9.18 Å². The lowest BCUT2D eigenvalue weighted by atomic mass is 10.0. The van der Waals surface area contributed by atoms with Gasteiger partial charge in [0.15, 0.2) is 0 Å². The zero-order valence-corrected chi connectivity index (χ0v) is 17.7. The Morgan fingerprint density at radius 2 is 1.58 bits per heavy atom. The lowest BCUT2D eigenvalue weighted by Crippen LogP contribution is -2.42. The molecule has 1 atom stereocenters. The Hall–Kier alpha value is -4.19. The summed E-state index contributed by atoms with van der Waals surface area (Å²) in [5.74, 6) is -1.29. The van der Waals surface area contributed by atoms with Crippen molar-refractivity contribution in [1.29, 1.82) is 0 Å². The summed E-state index contributed by atoms with van der Waals surface area (Å²) >= 11 is 0. The number of hydrogen-bond acceptors (Lipinski definition) is 3. The Balaban J connectivity index is 1.45. The summed E-state index contributed by atoms with van der Waals surface area (Å²) in [5.41, 5.74) is 1.65. The molecule has 0 saturated carbocycles. The molecule has 5 nitrogen and oxygen atoms in total. The van der Waals surface area contributed by atoms with Crippen LogP contribution in [0.15, 0.2) is 91.0 Å². The Morgan fingerprint density at radius 1 is 0.879 bits per heavy atom. The van der Waals surface area contributed by atoms with Crippen molar-refractivity contribution in [2.24, 2.45) is 0 Å². The highest BCUT2D eigenvalue weighted by Gasteiger charge is 2.21. The van der Waals surface area contributed by atoms with Crippen LogP contribution in [-0.4, -0.2) is 23.0 Å². The summed E-state index contributed by atoms with van der Waals surface area (Å²) in [6.45, 7) is 0.108. The van der Waals surface area contributed by atoms with Crippen LogP contribution in [0.2, 0.25) is 0 Å². The number of carboxylic acids is 1. The van der Waals surface area contributed by atoms with Crippen LogP contribution in [0.25, 0.3) is 10.8 Å². The van der Waals surface area contributed by atoms with Crippen LogP contribution in [0.1, 0.15) is 21.5 Å². The van der Waals surface area contributed by atoms with Gasteiger partial charge in [-0.15, -0.1) is 0 Å². The number of fused-ring (bicyclic) bond motifs is 1. The number of nitrogens with one attached hydrogen (secondary N) is 1. The van der Waals surface area contributed by atoms with Crippen molar-refractivity contribution in [2.45, 2.75) is 19.1 Å². The first-order chi connectivity index (χ1) is 16.0. The van der Waals surface area contributed by atoms with Gasteiger partial charge in [0.1, 0.15) is 24.2 Å². The second-order valence-corrected chi connectivity index (χ2v) is 7.66. The van der Waals surface area contributed by atoms with Gasteiger partial charge in [0, 0.05) is 17.5 Å². The number of rotatable bonds is 8. The van der Waals surface area contributed by atoms with E-state index in [1.165, 1.54) is 6.07 Å². The van der Waals surface area contributed by atoms with Crippen LogP contribution in [0.3, 0.4) is 0 Å². The third kappa shape index (κ3) is 5.54. The SMILES string of the molecule is O=C(N[C@@H](Cc1ccccc1)C(=O)O)c1ccc2cc(OCc3ccccc3F)ccc2c1. The van der Waals surface area contributed by atoms with Crippen molar-refractivity contribution in [3.63, 3.8) is 0 Å². The van der Waals surface area contributed by atoms with E-state index in [0.717, 1.165) is 16.3 Å². The van der Waals surface area contributed by atoms with Crippen molar-refractivity contribution in [3.05, 3.63) is 114 Å². The van der Waals surface area contributed by atoms with Crippen LogP contribution in [0.5, 0.6) is 5.75 Å². The molecule has 0 aliphatic heterocycles. The van der Waals surface area contributed by atoms with Gasteiger partial charge >= 0.3 is 5.97 Å². The number of hydrogen-bond donors (Lipinski definition) is 2. The zero-order valence-electron chi connectivity index (χ0n) is 17.7. The first-order valence-electron chi connectivity index (χ1n) is 10.5. The van der Waals surface area contributed by atoms with Gasteiger partial charge in [-0.1, -0.05) is 60.7 Å². The molecule has 0 heterocycles. The molecule has 0 saturated heterocycles. The highest BCUT2D eigenvalue weighted by atomic mass is 19.1. The smallest absolute Gasteiger partial charge is 0.326 e. The predicted molar refractivity (Wildman–Crippen MR) is 124 cm³/mol. The van der Waals surface area contributed by atoms with Crippen LogP contribution in [0, 0.1) is 5.82 Å². The Bertz CT molecular complexity index is 1290. The normalized spacial score (nSPS) is 11.7. The maximum absolute atomic E-state index is 13.8. The molecule has 0 spiro atoms. The van der Waals surface area contributed by atoms with Crippen LogP contribution >= 0.6 is 0 Å². The second-order valence-electron chi connectivity index (χ2n) is 7.66. The summed E-state index contributed by atoms with van der Waals surface area (Å²) in [4.78, 5) is 24.4. The maximum atomic E-state index is 13.8. The van der Waals surface area contributed by atoms with Gasteiger partial charge in [-0.2, -0.15) is 0 Å². The van der Waals surface area contributed by atoms with E-state index in [4.69, 9.17) is 4.74 Å². The molecule has 0 fully saturated rings. The number of carboxylic acid groups (broad SMARTS) is 1. The number of carbonyl (C=O) groups is 2. The summed E-state index contributed by atoms with van der Waals surface area (Å²) in [6, 6.07) is 25.0. The monoisotopic (exact) mass is 443 g/mol. The fraction of sp³-hybridized carbons (Fsp3) is 0.111. The highest BCUT2D eigenvalue weighted by Crippen LogP contribution is 2.23. The van der Waals surface area contributed by atoms with E-state index < -0.39 is 17.9 Å². The Morgan fingerprint density at radius 3 is 2.33 bits per heavy atom. The van der Waals surface area contributed by atoms with Crippen molar-refractivity contribution in [3.8, 4) is 5.75 Å². The minimum atomic E-state index is -1.09. The molecule has 2 N–H and O–H groups in total. The summed E-state index contributed by atoms with van der Waals surface area (Å²) < 4.78 is 19.5. The number of halogens is 1. The minimum absolute atomic E-state index is 0.108. The molecule has 166 valence electrons. The standard InChI is InChI=1S/C27H22FNO4/c28-24-9-5-4-8-22(24)17-33-23-13-12-19-15-21(11-10-20(19)16-23)26(30)29-25(27(31)32)14-18-6-2-1-3-7-18/h1-13,15-16,25H,14,17H2,(H,29,30)(H,31,32)/t25-/m0/s1. The fourth-order valence-electron chi connectivity index (χ4n) is 3.52. The molecule has 4 aromatic rings. The summed E-state index contributed by atoms with van der Waals surface area (Å²) in [5, 5.41) is 13.8. The lowest BCUT2D eigenvalue weighted by Gasteiger charge is -2.15. The van der Waals surface area contributed by atoms with Crippen molar-refractivity contribution in [1.82, 2.24) is 5.32 Å². The predicted octanol–water partition coefficient (Wildman–Crippen LogP) is 4.98. The van der Waals surface area contributed by atoms with E-state index in [2.05, 4.69) is 5.32 Å². The van der Waals surface area contributed by atoms with Gasteiger partial charge in [0.05, 0.1) is 0 Å². The molecule has 0 radical (unpaired) electrons. The molecular weight excluding hydrogens is 421 g/mol. The molecule has 1 amide bonds. The van der Waals surface area contributed by atoms with E-state index in [-0.39, 0.29) is 18.8 Å². The average molecular weight is 443 g/mol. The molecular formula is C27H22FNO4. The van der Waals surface area contributed by atoms with Gasteiger partial charge in [0.2, 0.25) is 0 Å². The largest absolute Gasteiger partial charge is 0.489 e. The molecule has 0 unspecified atom stereocenters.